The zero-order chi connectivity index (χ0) is 14.8. The molecule has 0 radical (unpaired) electrons. The van der Waals surface area contributed by atoms with Gasteiger partial charge in [-0.1, -0.05) is 6.07 Å². The summed E-state index contributed by atoms with van der Waals surface area (Å²) < 4.78 is 0. The number of pyridine rings is 1. The Bertz CT molecular complexity index is 499. The van der Waals surface area contributed by atoms with Crippen molar-refractivity contribution in [2.75, 3.05) is 20.1 Å². The molecule has 4 heteroatoms. The van der Waals surface area contributed by atoms with Gasteiger partial charge >= 0.3 is 0 Å². The average molecular weight is 287 g/mol. The number of hydrogen-bond acceptors (Lipinski definition) is 3. The van der Waals surface area contributed by atoms with E-state index in [9.17, 15) is 4.79 Å². The van der Waals surface area contributed by atoms with Crippen LogP contribution in [-0.4, -0.2) is 52.9 Å². The first-order valence-corrected chi connectivity index (χ1v) is 8.06. The second kappa shape index (κ2) is 6.14. The van der Waals surface area contributed by atoms with E-state index in [-0.39, 0.29) is 5.91 Å². The van der Waals surface area contributed by atoms with Crippen LogP contribution in [0.2, 0.25) is 0 Å². The van der Waals surface area contributed by atoms with E-state index in [1.165, 1.54) is 19.4 Å². The van der Waals surface area contributed by atoms with Crippen LogP contribution in [0.5, 0.6) is 0 Å². The minimum atomic E-state index is 0.267. The number of nitrogens with zero attached hydrogens (tertiary/aromatic N) is 3. The maximum Gasteiger partial charge on any atom is 0.227 e. The predicted octanol–water partition coefficient (Wildman–Crippen LogP) is 2.02. The van der Waals surface area contributed by atoms with Crippen LogP contribution in [0, 0.1) is 6.92 Å². The van der Waals surface area contributed by atoms with E-state index in [1.54, 1.807) is 0 Å². The molecule has 0 spiro atoms. The molecule has 0 aliphatic carbocycles. The summed E-state index contributed by atoms with van der Waals surface area (Å²) in [6.45, 7) is 4.07. The van der Waals surface area contributed by atoms with Gasteiger partial charge in [-0.05, 0) is 57.8 Å². The standard InChI is InChI=1S/C17H25N3O/c1-13-7-8-14(12-18-13)11-17(21)20-10-4-6-16(20)15-5-3-9-19(15)2/h7-8,12,15-16H,3-6,9-11H2,1-2H3. The number of likely N-dealkylation sites (tertiary alicyclic amines) is 2. The number of aryl methyl sites for hydroxylation is 1. The molecule has 1 aromatic rings. The normalized spacial score (nSPS) is 26.5. The van der Waals surface area contributed by atoms with Crippen molar-refractivity contribution in [2.45, 2.75) is 51.1 Å². The van der Waals surface area contributed by atoms with Crippen molar-refractivity contribution < 1.29 is 4.79 Å². The molecule has 3 heterocycles. The van der Waals surface area contributed by atoms with Gasteiger partial charge in [-0.15, -0.1) is 0 Å². The molecule has 21 heavy (non-hydrogen) atoms. The summed E-state index contributed by atoms with van der Waals surface area (Å²) in [5.74, 6) is 0.267. The van der Waals surface area contributed by atoms with Gasteiger partial charge in [0.05, 0.1) is 6.42 Å². The number of aromatic nitrogens is 1. The third-order valence-corrected chi connectivity index (χ3v) is 4.97. The van der Waals surface area contributed by atoms with Crippen LogP contribution in [0.15, 0.2) is 18.3 Å². The minimum absolute atomic E-state index is 0.267. The highest BCUT2D eigenvalue weighted by Crippen LogP contribution is 2.29. The monoisotopic (exact) mass is 287 g/mol. The van der Waals surface area contributed by atoms with E-state index in [2.05, 4.69) is 21.8 Å². The minimum Gasteiger partial charge on any atom is -0.338 e. The largest absolute Gasteiger partial charge is 0.338 e. The first-order chi connectivity index (χ1) is 10.1. The summed E-state index contributed by atoms with van der Waals surface area (Å²) in [6.07, 6.45) is 7.12. The van der Waals surface area contributed by atoms with Gasteiger partial charge < -0.3 is 9.80 Å². The van der Waals surface area contributed by atoms with Crippen molar-refractivity contribution in [1.82, 2.24) is 14.8 Å². The molecular formula is C17H25N3O. The first-order valence-electron chi connectivity index (χ1n) is 8.06. The lowest BCUT2D eigenvalue weighted by Gasteiger charge is -2.33. The van der Waals surface area contributed by atoms with Gasteiger partial charge in [-0.2, -0.15) is 0 Å². The fourth-order valence-corrected chi connectivity index (χ4v) is 3.80. The van der Waals surface area contributed by atoms with Crippen LogP contribution in [0.25, 0.3) is 0 Å². The van der Waals surface area contributed by atoms with Crippen LogP contribution in [0.1, 0.15) is 36.9 Å². The topological polar surface area (TPSA) is 36.4 Å². The lowest BCUT2D eigenvalue weighted by atomic mass is 10.0. The fourth-order valence-electron chi connectivity index (χ4n) is 3.80. The zero-order valence-electron chi connectivity index (χ0n) is 13.1. The molecular weight excluding hydrogens is 262 g/mol. The molecule has 3 rings (SSSR count). The smallest absolute Gasteiger partial charge is 0.227 e. The number of hydrogen-bond donors (Lipinski definition) is 0. The van der Waals surface area contributed by atoms with Gasteiger partial charge in [-0.3, -0.25) is 9.78 Å². The van der Waals surface area contributed by atoms with Crippen molar-refractivity contribution in [3.05, 3.63) is 29.6 Å². The zero-order valence-corrected chi connectivity index (χ0v) is 13.1. The van der Waals surface area contributed by atoms with Crippen molar-refractivity contribution in [2.24, 2.45) is 0 Å². The molecule has 1 aromatic heterocycles. The number of rotatable bonds is 3. The Balaban J connectivity index is 1.67. The second-order valence-electron chi connectivity index (χ2n) is 6.47. The molecule has 0 N–H and O–H groups in total. The Hall–Kier alpha value is -1.42. The summed E-state index contributed by atoms with van der Waals surface area (Å²) in [4.78, 5) is 21.5. The van der Waals surface area contributed by atoms with Crippen LogP contribution in [0.4, 0.5) is 0 Å². The van der Waals surface area contributed by atoms with Crippen molar-refractivity contribution in [3.63, 3.8) is 0 Å². The van der Waals surface area contributed by atoms with E-state index >= 15 is 0 Å². The average Bonchev–Trinajstić information content (AvgIpc) is 3.09. The molecule has 0 saturated carbocycles. The van der Waals surface area contributed by atoms with E-state index in [1.807, 2.05) is 25.3 Å². The first kappa shape index (κ1) is 14.5. The van der Waals surface area contributed by atoms with Gasteiger partial charge in [0.25, 0.3) is 0 Å². The lowest BCUT2D eigenvalue weighted by Crippen LogP contribution is -2.47. The fraction of sp³-hybridized carbons (Fsp3) is 0.647. The SMILES string of the molecule is Cc1ccc(CC(=O)N2CCCC2C2CCCN2C)cn1. The van der Waals surface area contributed by atoms with Crippen LogP contribution in [0.3, 0.4) is 0 Å². The van der Waals surface area contributed by atoms with Gasteiger partial charge in [0.15, 0.2) is 0 Å². The van der Waals surface area contributed by atoms with Crippen LogP contribution >= 0.6 is 0 Å². The van der Waals surface area contributed by atoms with Gasteiger partial charge in [-0.25, -0.2) is 0 Å². The highest BCUT2D eigenvalue weighted by atomic mass is 16.2. The second-order valence-corrected chi connectivity index (χ2v) is 6.47. The Morgan fingerprint density at radius 2 is 2.00 bits per heavy atom. The van der Waals surface area contributed by atoms with E-state index in [0.29, 0.717) is 18.5 Å². The van der Waals surface area contributed by atoms with Gasteiger partial charge in [0.2, 0.25) is 5.91 Å². The van der Waals surface area contributed by atoms with E-state index in [0.717, 1.165) is 30.6 Å². The molecule has 2 unspecified atom stereocenters. The van der Waals surface area contributed by atoms with Crippen molar-refractivity contribution >= 4 is 5.91 Å². The Morgan fingerprint density at radius 1 is 1.24 bits per heavy atom. The Kier molecular flexibility index (Phi) is 4.24. The van der Waals surface area contributed by atoms with E-state index < -0.39 is 0 Å². The number of likely N-dealkylation sites (N-methyl/N-ethyl adjacent to an activating group) is 1. The molecule has 0 bridgehead atoms. The molecule has 2 fully saturated rings. The number of amides is 1. The third-order valence-electron chi connectivity index (χ3n) is 4.97. The summed E-state index contributed by atoms with van der Waals surface area (Å²) in [5, 5.41) is 0. The van der Waals surface area contributed by atoms with Crippen molar-refractivity contribution in [3.8, 4) is 0 Å². The molecule has 114 valence electrons. The molecule has 1 amide bonds. The summed E-state index contributed by atoms with van der Waals surface area (Å²) >= 11 is 0. The Morgan fingerprint density at radius 3 is 2.67 bits per heavy atom. The quantitative estimate of drug-likeness (QED) is 0.853. The highest BCUT2D eigenvalue weighted by Gasteiger charge is 2.38. The summed E-state index contributed by atoms with van der Waals surface area (Å²) in [6, 6.07) is 4.98. The Labute approximate surface area is 127 Å². The maximum atomic E-state index is 12.7. The summed E-state index contributed by atoms with van der Waals surface area (Å²) in [7, 11) is 2.20. The number of carbonyl (C=O) groups is 1. The lowest BCUT2D eigenvalue weighted by molar-refractivity contribution is -0.132. The van der Waals surface area contributed by atoms with E-state index in [4.69, 9.17) is 0 Å². The summed E-state index contributed by atoms with van der Waals surface area (Å²) in [5.41, 5.74) is 2.02. The maximum absolute atomic E-state index is 12.7. The van der Waals surface area contributed by atoms with Crippen LogP contribution < -0.4 is 0 Å². The molecule has 2 aliphatic heterocycles. The third kappa shape index (κ3) is 3.10. The number of carbonyl (C=O) groups excluding carboxylic acids is 1. The molecule has 2 saturated heterocycles. The highest BCUT2D eigenvalue weighted by molar-refractivity contribution is 5.79. The molecule has 2 atom stereocenters. The molecule has 2 aliphatic rings. The molecule has 0 aromatic carbocycles. The van der Waals surface area contributed by atoms with Crippen LogP contribution in [-0.2, 0) is 11.2 Å². The van der Waals surface area contributed by atoms with Gasteiger partial charge in [0, 0.05) is 30.5 Å². The molecule has 4 nitrogen and oxygen atoms in total. The predicted molar refractivity (Wildman–Crippen MR) is 83.1 cm³/mol. The van der Waals surface area contributed by atoms with Crippen molar-refractivity contribution in [1.29, 1.82) is 0 Å². The van der Waals surface area contributed by atoms with Gasteiger partial charge in [0.1, 0.15) is 0 Å².